The van der Waals surface area contributed by atoms with Gasteiger partial charge in [0.1, 0.15) is 11.4 Å². The van der Waals surface area contributed by atoms with E-state index in [1.807, 2.05) is 39.1 Å². The third kappa shape index (κ3) is 5.00. The number of aromatic nitrogens is 2. The molecule has 0 bridgehead atoms. The van der Waals surface area contributed by atoms with E-state index in [-0.39, 0.29) is 6.04 Å². The molecule has 0 fully saturated rings. The molecule has 0 saturated heterocycles. The van der Waals surface area contributed by atoms with E-state index in [4.69, 9.17) is 4.74 Å². The lowest BCUT2D eigenvalue weighted by Crippen LogP contribution is -2.27. The highest BCUT2D eigenvalue weighted by Crippen LogP contribution is 2.19. The number of anilines is 2. The number of amides is 1. The normalized spacial score (nSPS) is 12.5. The monoisotopic (exact) mass is 320 g/mol. The first kappa shape index (κ1) is 16.2. The first-order valence-corrected chi connectivity index (χ1v) is 7.88. The number of pyridine rings is 1. The zero-order valence-electron chi connectivity index (χ0n) is 13.1. The molecule has 1 amide bonds. The van der Waals surface area contributed by atoms with Gasteiger partial charge in [-0.1, -0.05) is 0 Å². The average Bonchev–Trinajstić information content (AvgIpc) is 2.92. The topological polar surface area (TPSA) is 76.1 Å². The summed E-state index contributed by atoms with van der Waals surface area (Å²) < 4.78 is 5.17. The number of hydrogen-bond donors (Lipinski definition) is 2. The lowest BCUT2D eigenvalue weighted by atomic mass is 10.2. The second-order valence-electron chi connectivity index (χ2n) is 5.84. The van der Waals surface area contributed by atoms with Crippen LogP contribution in [0.15, 0.2) is 29.2 Å². The van der Waals surface area contributed by atoms with Crippen molar-refractivity contribution >= 4 is 28.9 Å². The van der Waals surface area contributed by atoms with Gasteiger partial charge in [-0.2, -0.15) is 0 Å². The molecule has 0 aliphatic rings. The SMILES string of the molecule is CC(Nc1ccc(NC(=O)OC(C)(C)C)nc1)c1cscn1. The van der Waals surface area contributed by atoms with Crippen LogP contribution in [0.2, 0.25) is 0 Å². The second kappa shape index (κ2) is 6.74. The molecule has 0 saturated carbocycles. The number of nitrogens with zero attached hydrogens (tertiary/aromatic N) is 2. The van der Waals surface area contributed by atoms with Crippen LogP contribution in [0.3, 0.4) is 0 Å². The predicted octanol–water partition coefficient (Wildman–Crippen LogP) is 4.06. The Bertz CT molecular complexity index is 605. The first-order chi connectivity index (χ1) is 10.3. The Morgan fingerprint density at radius 1 is 1.32 bits per heavy atom. The molecular formula is C15H20N4O2S. The minimum atomic E-state index is -0.533. The summed E-state index contributed by atoms with van der Waals surface area (Å²) in [5, 5.41) is 7.90. The second-order valence-corrected chi connectivity index (χ2v) is 6.56. The number of rotatable bonds is 4. The van der Waals surface area contributed by atoms with Crippen molar-refractivity contribution < 1.29 is 9.53 Å². The van der Waals surface area contributed by atoms with Crippen molar-refractivity contribution in [2.24, 2.45) is 0 Å². The quantitative estimate of drug-likeness (QED) is 0.888. The van der Waals surface area contributed by atoms with Gasteiger partial charge in [0, 0.05) is 5.38 Å². The van der Waals surface area contributed by atoms with Crippen LogP contribution in [0.4, 0.5) is 16.3 Å². The molecule has 6 nitrogen and oxygen atoms in total. The molecule has 2 aromatic rings. The molecular weight excluding hydrogens is 300 g/mol. The molecule has 0 radical (unpaired) electrons. The average molecular weight is 320 g/mol. The summed E-state index contributed by atoms with van der Waals surface area (Å²) in [6.07, 6.45) is 1.15. The van der Waals surface area contributed by atoms with Crippen molar-refractivity contribution in [1.29, 1.82) is 0 Å². The van der Waals surface area contributed by atoms with E-state index in [1.54, 1.807) is 29.1 Å². The summed E-state index contributed by atoms with van der Waals surface area (Å²) in [6, 6.07) is 3.67. The van der Waals surface area contributed by atoms with E-state index < -0.39 is 11.7 Å². The van der Waals surface area contributed by atoms with Crippen LogP contribution in [0.1, 0.15) is 39.4 Å². The Hall–Kier alpha value is -2.15. The Kier molecular flexibility index (Phi) is 4.97. The fraction of sp³-hybridized carbons (Fsp3) is 0.400. The molecule has 22 heavy (non-hydrogen) atoms. The molecule has 2 rings (SSSR count). The lowest BCUT2D eigenvalue weighted by Gasteiger charge is -2.19. The third-order valence-corrected chi connectivity index (χ3v) is 3.28. The molecule has 1 unspecified atom stereocenters. The van der Waals surface area contributed by atoms with Crippen LogP contribution in [0.5, 0.6) is 0 Å². The standard InChI is InChI=1S/C15H20N4O2S/c1-10(12-8-22-9-17-12)18-11-5-6-13(16-7-11)19-14(20)21-15(2,3)4/h5-10,18H,1-4H3,(H,16,19,20). The van der Waals surface area contributed by atoms with Gasteiger partial charge in [0.2, 0.25) is 0 Å². The molecule has 0 aromatic carbocycles. The van der Waals surface area contributed by atoms with Gasteiger partial charge < -0.3 is 10.1 Å². The Balaban J connectivity index is 1.91. The molecule has 1 atom stereocenters. The smallest absolute Gasteiger partial charge is 0.413 e. The van der Waals surface area contributed by atoms with Gasteiger partial charge >= 0.3 is 6.09 Å². The van der Waals surface area contributed by atoms with E-state index in [0.717, 1.165) is 11.4 Å². The highest BCUT2D eigenvalue weighted by molar-refractivity contribution is 7.07. The molecule has 2 N–H and O–H groups in total. The van der Waals surface area contributed by atoms with Crippen LogP contribution in [0.25, 0.3) is 0 Å². The maximum absolute atomic E-state index is 11.7. The number of hydrogen-bond acceptors (Lipinski definition) is 6. The van der Waals surface area contributed by atoms with Crippen molar-refractivity contribution in [2.75, 3.05) is 10.6 Å². The molecule has 2 aromatic heterocycles. The van der Waals surface area contributed by atoms with Crippen LogP contribution < -0.4 is 10.6 Å². The highest BCUT2D eigenvalue weighted by Gasteiger charge is 2.16. The van der Waals surface area contributed by atoms with Gasteiger partial charge in [0.05, 0.1) is 29.1 Å². The van der Waals surface area contributed by atoms with Gasteiger partial charge in [-0.05, 0) is 39.8 Å². The number of ether oxygens (including phenoxy) is 1. The Labute approximate surface area is 133 Å². The molecule has 0 aliphatic heterocycles. The van der Waals surface area contributed by atoms with E-state index in [9.17, 15) is 4.79 Å². The van der Waals surface area contributed by atoms with E-state index in [2.05, 4.69) is 20.6 Å². The van der Waals surface area contributed by atoms with Gasteiger partial charge in [0.15, 0.2) is 0 Å². The maximum atomic E-state index is 11.7. The fourth-order valence-corrected chi connectivity index (χ4v) is 2.37. The van der Waals surface area contributed by atoms with Crippen molar-refractivity contribution in [2.45, 2.75) is 39.3 Å². The first-order valence-electron chi connectivity index (χ1n) is 6.94. The fourth-order valence-electron chi connectivity index (χ4n) is 1.72. The zero-order valence-corrected chi connectivity index (χ0v) is 13.9. The number of carbonyl (C=O) groups is 1. The van der Waals surface area contributed by atoms with Crippen molar-refractivity contribution in [3.63, 3.8) is 0 Å². The lowest BCUT2D eigenvalue weighted by molar-refractivity contribution is 0.0635. The molecule has 118 valence electrons. The zero-order chi connectivity index (χ0) is 16.2. The van der Waals surface area contributed by atoms with Crippen molar-refractivity contribution in [3.8, 4) is 0 Å². The Morgan fingerprint density at radius 3 is 2.64 bits per heavy atom. The van der Waals surface area contributed by atoms with Crippen molar-refractivity contribution in [1.82, 2.24) is 9.97 Å². The van der Waals surface area contributed by atoms with E-state index >= 15 is 0 Å². The largest absolute Gasteiger partial charge is 0.444 e. The predicted molar refractivity (Wildman–Crippen MR) is 88.2 cm³/mol. The highest BCUT2D eigenvalue weighted by atomic mass is 32.1. The minimum absolute atomic E-state index is 0.0951. The van der Waals surface area contributed by atoms with Crippen LogP contribution >= 0.6 is 11.3 Å². The van der Waals surface area contributed by atoms with Gasteiger partial charge in [-0.25, -0.2) is 14.8 Å². The maximum Gasteiger partial charge on any atom is 0.413 e. The summed E-state index contributed by atoms with van der Waals surface area (Å²) >= 11 is 1.56. The summed E-state index contributed by atoms with van der Waals surface area (Å²) in [6.45, 7) is 7.47. The van der Waals surface area contributed by atoms with Crippen LogP contribution in [0, 0.1) is 0 Å². The number of thiazole rings is 1. The van der Waals surface area contributed by atoms with E-state index in [0.29, 0.717) is 5.82 Å². The summed E-state index contributed by atoms with van der Waals surface area (Å²) in [7, 11) is 0. The molecule has 0 aliphatic carbocycles. The Morgan fingerprint density at radius 2 is 2.09 bits per heavy atom. The van der Waals surface area contributed by atoms with Gasteiger partial charge in [-0.3, -0.25) is 5.32 Å². The van der Waals surface area contributed by atoms with Gasteiger partial charge in [0.25, 0.3) is 0 Å². The summed E-state index contributed by atoms with van der Waals surface area (Å²) in [4.78, 5) is 20.1. The summed E-state index contributed by atoms with van der Waals surface area (Å²) in [5.41, 5.74) is 3.12. The van der Waals surface area contributed by atoms with E-state index in [1.165, 1.54) is 0 Å². The summed E-state index contributed by atoms with van der Waals surface area (Å²) in [5.74, 6) is 0.445. The number of nitrogens with one attached hydrogen (secondary N) is 2. The van der Waals surface area contributed by atoms with Gasteiger partial charge in [-0.15, -0.1) is 11.3 Å². The molecule has 2 heterocycles. The van der Waals surface area contributed by atoms with Crippen LogP contribution in [-0.4, -0.2) is 21.7 Å². The number of carbonyl (C=O) groups excluding carboxylic acids is 1. The van der Waals surface area contributed by atoms with Crippen LogP contribution in [-0.2, 0) is 4.74 Å². The molecule has 7 heteroatoms. The minimum Gasteiger partial charge on any atom is -0.444 e. The third-order valence-electron chi connectivity index (χ3n) is 2.67. The van der Waals surface area contributed by atoms with Crippen molar-refractivity contribution in [3.05, 3.63) is 34.9 Å². The molecule has 0 spiro atoms.